The molecule has 0 unspecified atom stereocenters. The van der Waals surface area contributed by atoms with E-state index in [0.717, 1.165) is 30.6 Å². The fourth-order valence-corrected chi connectivity index (χ4v) is 5.29. The summed E-state index contributed by atoms with van der Waals surface area (Å²) < 4.78 is 19.0. The van der Waals surface area contributed by atoms with Gasteiger partial charge in [-0.15, -0.1) is 6.42 Å². The lowest BCUT2D eigenvalue weighted by molar-refractivity contribution is 0.234. The average molecular weight is 571 g/mol. The lowest BCUT2D eigenvalue weighted by atomic mass is 10.1. The number of benzene rings is 1. The maximum Gasteiger partial charge on any atom is 0.204 e. The van der Waals surface area contributed by atoms with Crippen LogP contribution in [0.2, 0.25) is 0 Å². The molecule has 0 saturated heterocycles. The summed E-state index contributed by atoms with van der Waals surface area (Å²) in [7, 11) is 0. The van der Waals surface area contributed by atoms with Crippen molar-refractivity contribution >= 4 is 0 Å². The normalized spacial score (nSPS) is 11.0. The molecule has 0 radical (unpaired) electrons. The molecule has 0 aromatic heterocycles. The van der Waals surface area contributed by atoms with Gasteiger partial charge in [0.25, 0.3) is 0 Å². The van der Waals surface area contributed by atoms with Crippen LogP contribution in [0.15, 0.2) is 12.1 Å². The van der Waals surface area contributed by atoms with Crippen LogP contribution in [0.1, 0.15) is 180 Å². The van der Waals surface area contributed by atoms with E-state index in [2.05, 4.69) is 26.7 Å². The molecule has 0 spiro atoms. The minimum absolute atomic E-state index is 0.666. The molecule has 3 heteroatoms. The van der Waals surface area contributed by atoms with Crippen LogP contribution in [0.5, 0.6) is 17.2 Å². The third-order valence-electron chi connectivity index (χ3n) is 7.98. The van der Waals surface area contributed by atoms with Crippen molar-refractivity contribution in [1.82, 2.24) is 0 Å². The Morgan fingerprint density at radius 1 is 0.439 bits per heavy atom. The minimum Gasteiger partial charge on any atom is -0.490 e. The summed E-state index contributed by atoms with van der Waals surface area (Å²) >= 11 is 0. The Balaban J connectivity index is 2.62. The third kappa shape index (κ3) is 19.8. The molecule has 1 aromatic carbocycles. The van der Waals surface area contributed by atoms with Gasteiger partial charge in [-0.2, -0.15) is 0 Å². The summed E-state index contributed by atoms with van der Waals surface area (Å²) in [5.74, 6) is 5.01. The predicted octanol–water partition coefficient (Wildman–Crippen LogP) is 12.2. The summed E-state index contributed by atoms with van der Waals surface area (Å²) in [6.07, 6.45) is 36.6. The molecular weight excluding hydrogens is 504 g/mol. The van der Waals surface area contributed by atoms with Crippen molar-refractivity contribution in [2.75, 3.05) is 19.8 Å². The first-order chi connectivity index (χ1) is 20.3. The lowest BCUT2D eigenvalue weighted by Gasteiger charge is -2.18. The molecule has 0 atom stereocenters. The zero-order valence-corrected chi connectivity index (χ0v) is 27.5. The molecule has 0 aliphatic rings. The molecule has 0 saturated carbocycles. The summed E-state index contributed by atoms with van der Waals surface area (Å²) in [4.78, 5) is 0. The first kappa shape index (κ1) is 37.2. The number of hydrogen-bond acceptors (Lipinski definition) is 3. The molecule has 1 aromatic rings. The number of unbranched alkanes of at least 4 members (excludes halogenated alkanes) is 21. The largest absolute Gasteiger partial charge is 0.490 e. The fraction of sp³-hybridized carbons (Fsp3) is 0.789. The van der Waals surface area contributed by atoms with E-state index in [4.69, 9.17) is 20.6 Å². The molecule has 3 nitrogen and oxygen atoms in total. The topological polar surface area (TPSA) is 27.7 Å². The van der Waals surface area contributed by atoms with Crippen LogP contribution in [0.4, 0.5) is 0 Å². The number of rotatable bonds is 30. The summed E-state index contributed by atoms with van der Waals surface area (Å²) in [5.41, 5.74) is 0.759. The molecule has 0 heterocycles. The Hall–Kier alpha value is -1.82. The lowest BCUT2D eigenvalue weighted by Crippen LogP contribution is -2.07. The highest BCUT2D eigenvalue weighted by atomic mass is 16.5. The van der Waals surface area contributed by atoms with Crippen molar-refractivity contribution in [1.29, 1.82) is 0 Å². The van der Waals surface area contributed by atoms with Gasteiger partial charge in [-0.1, -0.05) is 162 Å². The van der Waals surface area contributed by atoms with Gasteiger partial charge in [0.1, 0.15) is 0 Å². The van der Waals surface area contributed by atoms with Gasteiger partial charge in [-0.3, -0.25) is 0 Å². The number of ether oxygens (including phenoxy) is 3. The van der Waals surface area contributed by atoms with Crippen LogP contribution < -0.4 is 14.2 Å². The maximum atomic E-state index is 6.38. The highest BCUT2D eigenvalue weighted by Crippen LogP contribution is 2.40. The molecule has 236 valence electrons. The van der Waals surface area contributed by atoms with E-state index in [0.29, 0.717) is 31.3 Å². The monoisotopic (exact) mass is 571 g/mol. The van der Waals surface area contributed by atoms with Crippen LogP contribution in [-0.2, 0) is 0 Å². The van der Waals surface area contributed by atoms with E-state index in [1.807, 2.05) is 12.1 Å². The molecule has 0 N–H and O–H groups in total. The molecule has 41 heavy (non-hydrogen) atoms. The number of hydrogen-bond donors (Lipinski definition) is 0. The van der Waals surface area contributed by atoms with Gasteiger partial charge in [-0.05, 0) is 31.4 Å². The van der Waals surface area contributed by atoms with Crippen molar-refractivity contribution < 1.29 is 14.2 Å². The molecule has 0 aliphatic carbocycles. The van der Waals surface area contributed by atoms with Crippen LogP contribution >= 0.6 is 0 Å². The van der Waals surface area contributed by atoms with E-state index < -0.39 is 0 Å². The highest BCUT2D eigenvalue weighted by Gasteiger charge is 2.17. The molecular formula is C38H66O3. The van der Waals surface area contributed by atoms with Gasteiger partial charge >= 0.3 is 0 Å². The molecule has 0 amide bonds. The second-order valence-electron chi connectivity index (χ2n) is 11.9. The van der Waals surface area contributed by atoms with E-state index in [1.54, 1.807) is 0 Å². The van der Waals surface area contributed by atoms with Crippen molar-refractivity contribution in [3.63, 3.8) is 0 Å². The van der Waals surface area contributed by atoms with E-state index in [9.17, 15) is 0 Å². The SMILES string of the molecule is C#Cc1ccc(OCCCCCCCCCC)c(OCCCCCCCCCC)c1OCCCCCCCCCC. The minimum atomic E-state index is 0.666. The summed E-state index contributed by atoms with van der Waals surface area (Å²) in [5, 5.41) is 0. The van der Waals surface area contributed by atoms with Crippen molar-refractivity contribution in [2.45, 2.75) is 175 Å². The Labute approximate surface area is 255 Å². The Bertz CT molecular complexity index is 751. The van der Waals surface area contributed by atoms with Gasteiger partial charge in [0, 0.05) is 0 Å². The van der Waals surface area contributed by atoms with Crippen molar-refractivity contribution in [3.8, 4) is 29.6 Å². The van der Waals surface area contributed by atoms with Gasteiger partial charge in [0.15, 0.2) is 11.5 Å². The zero-order valence-electron chi connectivity index (χ0n) is 27.5. The smallest absolute Gasteiger partial charge is 0.204 e. The van der Waals surface area contributed by atoms with Crippen LogP contribution in [0.25, 0.3) is 0 Å². The predicted molar refractivity (Wildman–Crippen MR) is 179 cm³/mol. The van der Waals surface area contributed by atoms with Gasteiger partial charge in [-0.25, -0.2) is 0 Å². The first-order valence-corrected chi connectivity index (χ1v) is 17.8. The van der Waals surface area contributed by atoms with Crippen molar-refractivity contribution in [3.05, 3.63) is 17.7 Å². The standard InChI is InChI=1S/C38H66O3/c1-5-9-12-15-18-21-24-27-32-39-36-31-30-35(8-4)37(40-33-28-25-22-19-16-13-10-6-2)38(36)41-34-29-26-23-20-17-14-11-7-3/h4,30-31H,5-7,9-29,32-34H2,1-3H3. The molecule has 0 aliphatic heterocycles. The van der Waals surface area contributed by atoms with Crippen molar-refractivity contribution in [2.24, 2.45) is 0 Å². The van der Waals surface area contributed by atoms with E-state index >= 15 is 0 Å². The third-order valence-corrected chi connectivity index (χ3v) is 7.98. The Morgan fingerprint density at radius 2 is 0.780 bits per heavy atom. The maximum absolute atomic E-state index is 6.38. The Morgan fingerprint density at radius 3 is 1.17 bits per heavy atom. The van der Waals surface area contributed by atoms with Crippen LogP contribution in [0.3, 0.4) is 0 Å². The molecule has 1 rings (SSSR count). The van der Waals surface area contributed by atoms with Crippen LogP contribution in [-0.4, -0.2) is 19.8 Å². The zero-order chi connectivity index (χ0) is 29.6. The highest BCUT2D eigenvalue weighted by molar-refractivity contribution is 5.60. The van der Waals surface area contributed by atoms with Gasteiger partial charge in [0.2, 0.25) is 5.75 Å². The van der Waals surface area contributed by atoms with Gasteiger partial charge < -0.3 is 14.2 Å². The van der Waals surface area contributed by atoms with Crippen LogP contribution in [0, 0.1) is 12.3 Å². The van der Waals surface area contributed by atoms with E-state index in [1.165, 1.54) is 135 Å². The summed E-state index contributed by atoms with van der Waals surface area (Å²) in [6.45, 7) is 8.86. The average Bonchev–Trinajstić information content (AvgIpc) is 2.99. The number of terminal acetylenes is 1. The first-order valence-electron chi connectivity index (χ1n) is 17.8. The van der Waals surface area contributed by atoms with Gasteiger partial charge in [0.05, 0.1) is 25.4 Å². The Kier molecular flexibility index (Phi) is 25.7. The second-order valence-corrected chi connectivity index (χ2v) is 11.9. The second kappa shape index (κ2) is 28.3. The fourth-order valence-electron chi connectivity index (χ4n) is 5.29. The summed E-state index contributed by atoms with van der Waals surface area (Å²) in [6, 6.07) is 3.93. The molecule has 0 bridgehead atoms. The molecule has 0 fully saturated rings. The van der Waals surface area contributed by atoms with E-state index in [-0.39, 0.29) is 0 Å². The quantitative estimate of drug-likeness (QED) is 0.0680.